The van der Waals surface area contributed by atoms with Gasteiger partial charge in [0.1, 0.15) is 12.7 Å². The van der Waals surface area contributed by atoms with E-state index in [9.17, 15) is 4.79 Å². The second-order valence-corrected chi connectivity index (χ2v) is 6.85. The maximum absolute atomic E-state index is 11.4. The molecule has 1 atom stereocenters. The zero-order chi connectivity index (χ0) is 18.6. The molecule has 0 fully saturated rings. The number of unbranched alkanes of at least 4 members (excludes halogenated alkanes) is 11. The number of hydrogen-bond acceptors (Lipinski definition) is 4. The van der Waals surface area contributed by atoms with Gasteiger partial charge in [0.25, 0.3) is 0 Å². The summed E-state index contributed by atoms with van der Waals surface area (Å²) in [5.41, 5.74) is 0. The van der Waals surface area contributed by atoms with Crippen LogP contribution < -0.4 is 0 Å². The number of carbonyl (C=O) groups excluding carboxylic acids is 1. The van der Waals surface area contributed by atoms with E-state index < -0.39 is 6.10 Å². The van der Waals surface area contributed by atoms with E-state index >= 15 is 0 Å². The van der Waals surface area contributed by atoms with E-state index in [-0.39, 0.29) is 19.2 Å². The van der Waals surface area contributed by atoms with Crippen molar-refractivity contribution in [1.82, 2.24) is 0 Å². The highest BCUT2D eigenvalue weighted by Crippen LogP contribution is 2.11. The average Bonchev–Trinajstić information content (AvgIpc) is 2.62. The SMILES string of the molecule is CCCCCCCCCCCC=CCCCCC(=O)OCC(O)CO. The first kappa shape index (κ1) is 24.1. The molecular weight excluding hydrogens is 316 g/mol. The summed E-state index contributed by atoms with van der Waals surface area (Å²) in [6.07, 6.45) is 20.1. The minimum atomic E-state index is -0.965. The smallest absolute Gasteiger partial charge is 0.305 e. The highest BCUT2D eigenvalue weighted by atomic mass is 16.5. The molecule has 0 saturated carbocycles. The maximum atomic E-state index is 11.4. The van der Waals surface area contributed by atoms with Gasteiger partial charge in [0, 0.05) is 6.42 Å². The van der Waals surface area contributed by atoms with Crippen LogP contribution in [0.15, 0.2) is 12.2 Å². The molecule has 0 aromatic rings. The van der Waals surface area contributed by atoms with Gasteiger partial charge in [-0.05, 0) is 32.1 Å². The first-order chi connectivity index (χ1) is 12.2. The van der Waals surface area contributed by atoms with Gasteiger partial charge >= 0.3 is 5.97 Å². The number of rotatable bonds is 18. The van der Waals surface area contributed by atoms with Crippen LogP contribution in [-0.2, 0) is 9.53 Å². The largest absolute Gasteiger partial charge is 0.463 e. The first-order valence-electron chi connectivity index (χ1n) is 10.3. The Kier molecular flexibility index (Phi) is 18.8. The third-order valence-corrected chi connectivity index (χ3v) is 4.29. The predicted octanol–water partition coefficient (Wildman–Crippen LogP) is 4.92. The Morgan fingerprint density at radius 3 is 1.96 bits per heavy atom. The molecule has 0 rings (SSSR count). The fourth-order valence-corrected chi connectivity index (χ4v) is 2.65. The van der Waals surface area contributed by atoms with Crippen molar-refractivity contribution in [3.8, 4) is 0 Å². The third kappa shape index (κ3) is 19.3. The molecule has 4 heteroatoms. The number of allylic oxidation sites excluding steroid dienone is 2. The zero-order valence-corrected chi connectivity index (χ0v) is 16.3. The van der Waals surface area contributed by atoms with Crippen molar-refractivity contribution < 1.29 is 19.7 Å². The quantitative estimate of drug-likeness (QED) is 0.208. The fourth-order valence-electron chi connectivity index (χ4n) is 2.65. The van der Waals surface area contributed by atoms with Gasteiger partial charge < -0.3 is 14.9 Å². The normalized spacial score (nSPS) is 12.6. The molecule has 0 bridgehead atoms. The lowest BCUT2D eigenvalue weighted by atomic mass is 10.1. The van der Waals surface area contributed by atoms with Crippen molar-refractivity contribution in [3.63, 3.8) is 0 Å². The predicted molar refractivity (Wildman–Crippen MR) is 104 cm³/mol. The van der Waals surface area contributed by atoms with Crippen LogP contribution in [0.3, 0.4) is 0 Å². The van der Waals surface area contributed by atoms with E-state index in [1.807, 2.05) is 0 Å². The summed E-state index contributed by atoms with van der Waals surface area (Å²) < 4.78 is 4.85. The van der Waals surface area contributed by atoms with Crippen LogP contribution in [0, 0.1) is 0 Å². The van der Waals surface area contributed by atoms with Gasteiger partial charge in [-0.15, -0.1) is 0 Å². The van der Waals surface area contributed by atoms with E-state index in [0.717, 1.165) is 25.7 Å². The molecule has 0 radical (unpaired) electrons. The zero-order valence-electron chi connectivity index (χ0n) is 16.3. The molecule has 0 saturated heterocycles. The molecule has 4 nitrogen and oxygen atoms in total. The summed E-state index contributed by atoms with van der Waals surface area (Å²) in [5.74, 6) is -0.300. The topological polar surface area (TPSA) is 66.8 Å². The Labute approximate surface area is 154 Å². The molecule has 1 unspecified atom stereocenters. The molecule has 0 aliphatic heterocycles. The molecule has 0 spiro atoms. The Morgan fingerprint density at radius 2 is 1.40 bits per heavy atom. The summed E-state index contributed by atoms with van der Waals surface area (Å²) in [5, 5.41) is 17.7. The second-order valence-electron chi connectivity index (χ2n) is 6.85. The number of aliphatic hydroxyl groups excluding tert-OH is 2. The van der Waals surface area contributed by atoms with E-state index in [4.69, 9.17) is 14.9 Å². The molecule has 0 aliphatic rings. The monoisotopic (exact) mass is 356 g/mol. The van der Waals surface area contributed by atoms with Crippen LogP contribution in [0.25, 0.3) is 0 Å². The number of hydrogen-bond donors (Lipinski definition) is 2. The second kappa shape index (κ2) is 19.5. The molecule has 0 aliphatic carbocycles. The first-order valence-corrected chi connectivity index (χ1v) is 10.3. The van der Waals surface area contributed by atoms with Crippen LogP contribution in [0.1, 0.15) is 96.8 Å². The lowest BCUT2D eigenvalue weighted by Gasteiger charge is -2.07. The van der Waals surface area contributed by atoms with Gasteiger partial charge in [-0.1, -0.05) is 70.4 Å². The Bertz CT molecular complexity index is 315. The Balaban J connectivity index is 3.24. The highest BCUT2D eigenvalue weighted by molar-refractivity contribution is 5.69. The molecule has 0 aromatic heterocycles. The number of ether oxygens (including phenoxy) is 1. The maximum Gasteiger partial charge on any atom is 0.305 e. The highest BCUT2D eigenvalue weighted by Gasteiger charge is 2.06. The molecule has 0 heterocycles. The third-order valence-electron chi connectivity index (χ3n) is 4.29. The molecule has 0 aromatic carbocycles. The number of aliphatic hydroxyl groups is 2. The van der Waals surface area contributed by atoms with Crippen molar-refractivity contribution >= 4 is 5.97 Å². The molecule has 148 valence electrons. The summed E-state index contributed by atoms with van der Waals surface area (Å²) in [6, 6.07) is 0. The number of carbonyl (C=O) groups is 1. The van der Waals surface area contributed by atoms with Crippen LogP contribution in [0.4, 0.5) is 0 Å². The van der Waals surface area contributed by atoms with Crippen LogP contribution in [-0.4, -0.2) is 35.5 Å². The summed E-state index contributed by atoms with van der Waals surface area (Å²) in [7, 11) is 0. The van der Waals surface area contributed by atoms with Gasteiger partial charge in [0.2, 0.25) is 0 Å². The lowest BCUT2D eigenvalue weighted by Crippen LogP contribution is -2.21. The van der Waals surface area contributed by atoms with E-state index in [1.54, 1.807) is 0 Å². The van der Waals surface area contributed by atoms with Gasteiger partial charge in [-0.3, -0.25) is 4.79 Å². The van der Waals surface area contributed by atoms with Crippen LogP contribution in [0.5, 0.6) is 0 Å². The lowest BCUT2D eigenvalue weighted by molar-refractivity contribution is -0.147. The average molecular weight is 357 g/mol. The van der Waals surface area contributed by atoms with Crippen molar-refractivity contribution in [3.05, 3.63) is 12.2 Å². The van der Waals surface area contributed by atoms with Crippen molar-refractivity contribution in [2.24, 2.45) is 0 Å². The van der Waals surface area contributed by atoms with Crippen molar-refractivity contribution in [1.29, 1.82) is 0 Å². The van der Waals surface area contributed by atoms with Crippen molar-refractivity contribution in [2.45, 2.75) is 103 Å². The molecule has 25 heavy (non-hydrogen) atoms. The minimum Gasteiger partial charge on any atom is -0.463 e. The standard InChI is InChI=1S/C21H40O4/c1-2-3-4-5-6-7-8-9-10-11-12-13-14-15-16-17-21(24)25-19-20(23)18-22/h12-13,20,22-23H,2-11,14-19H2,1H3. The van der Waals surface area contributed by atoms with E-state index in [1.165, 1.54) is 57.8 Å². The van der Waals surface area contributed by atoms with Gasteiger partial charge in [0.15, 0.2) is 0 Å². The number of esters is 1. The molecular formula is C21H40O4. The van der Waals surface area contributed by atoms with Crippen molar-refractivity contribution in [2.75, 3.05) is 13.2 Å². The summed E-state index contributed by atoms with van der Waals surface area (Å²) >= 11 is 0. The molecule has 0 amide bonds. The molecule has 2 N–H and O–H groups in total. The Morgan fingerprint density at radius 1 is 0.880 bits per heavy atom. The summed E-state index contributed by atoms with van der Waals surface area (Å²) in [4.78, 5) is 11.4. The fraction of sp³-hybridized carbons (Fsp3) is 0.857. The minimum absolute atomic E-state index is 0.117. The van der Waals surface area contributed by atoms with Gasteiger partial charge in [0.05, 0.1) is 6.61 Å². The van der Waals surface area contributed by atoms with Crippen LogP contribution in [0.2, 0.25) is 0 Å². The Hall–Kier alpha value is -0.870. The summed E-state index contributed by atoms with van der Waals surface area (Å²) in [6.45, 7) is 1.76. The van der Waals surface area contributed by atoms with E-state index in [2.05, 4.69) is 19.1 Å². The van der Waals surface area contributed by atoms with Gasteiger partial charge in [-0.25, -0.2) is 0 Å². The van der Waals surface area contributed by atoms with E-state index in [0.29, 0.717) is 6.42 Å². The van der Waals surface area contributed by atoms with Crippen LogP contribution >= 0.6 is 0 Å². The van der Waals surface area contributed by atoms with Gasteiger partial charge in [-0.2, -0.15) is 0 Å².